The summed E-state index contributed by atoms with van der Waals surface area (Å²) in [4.78, 5) is 0. The highest BCUT2D eigenvalue weighted by Gasteiger charge is 2.33. The first-order valence-corrected chi connectivity index (χ1v) is 11.3. The van der Waals surface area contributed by atoms with Crippen LogP contribution in [0.1, 0.15) is 31.9 Å². The van der Waals surface area contributed by atoms with Gasteiger partial charge < -0.3 is 17.0 Å². The molecule has 4 aromatic rings. The van der Waals surface area contributed by atoms with E-state index >= 15 is 0 Å². The lowest BCUT2D eigenvalue weighted by Crippen LogP contribution is -3.00. The smallest absolute Gasteiger partial charge is 0.217 e. The number of aryl methyl sites for hydroxylation is 1. The third-order valence-corrected chi connectivity index (χ3v) is 6.16. The van der Waals surface area contributed by atoms with Gasteiger partial charge in [0.2, 0.25) is 11.4 Å². The van der Waals surface area contributed by atoms with Crippen LogP contribution in [0.2, 0.25) is 0 Å². The van der Waals surface area contributed by atoms with Crippen molar-refractivity contribution in [3.8, 4) is 33.6 Å². The Hall–Kier alpha value is -2.71. The van der Waals surface area contributed by atoms with Crippen molar-refractivity contribution in [3.63, 3.8) is 0 Å². The zero-order valence-electron chi connectivity index (χ0n) is 19.1. The minimum absolute atomic E-state index is 0. The lowest BCUT2D eigenvalue weighted by Gasteiger charge is -2.25. The number of hydrogen-bond acceptors (Lipinski definition) is 0. The number of nitrogens with zero attached hydrogens (tertiary/aromatic N) is 1. The van der Waals surface area contributed by atoms with E-state index in [9.17, 15) is 0 Å². The normalized spacial score (nSPS) is 12.5. The van der Waals surface area contributed by atoms with Gasteiger partial charge in [-0.2, -0.15) is 4.57 Å². The van der Waals surface area contributed by atoms with Crippen LogP contribution in [0.15, 0.2) is 91.0 Å². The van der Waals surface area contributed by atoms with Crippen LogP contribution >= 0.6 is 0 Å². The summed E-state index contributed by atoms with van der Waals surface area (Å²) in [6.07, 6.45) is 2.18. The van der Waals surface area contributed by atoms with Crippen LogP contribution in [0.5, 0.6) is 0 Å². The fourth-order valence-corrected chi connectivity index (χ4v) is 4.86. The van der Waals surface area contributed by atoms with Crippen LogP contribution in [-0.2, 0) is 19.4 Å². The fraction of sp³-hybridized carbons (Fsp3) is 0.233. The van der Waals surface area contributed by atoms with Gasteiger partial charge in [-0.1, -0.05) is 87.5 Å². The Morgan fingerprint density at radius 3 is 1.94 bits per heavy atom. The molecule has 0 N–H and O–H groups in total. The summed E-state index contributed by atoms with van der Waals surface area (Å²) in [7, 11) is 0. The monoisotopic (exact) mass is 483 g/mol. The summed E-state index contributed by atoms with van der Waals surface area (Å²) in [6, 6.07) is 33.2. The van der Waals surface area contributed by atoms with Crippen molar-refractivity contribution in [2.24, 2.45) is 5.41 Å². The van der Waals surface area contributed by atoms with E-state index in [-0.39, 0.29) is 22.4 Å². The largest absolute Gasteiger partial charge is 1.00 e. The first-order valence-electron chi connectivity index (χ1n) is 11.3. The number of rotatable bonds is 3. The highest BCUT2D eigenvalue weighted by molar-refractivity contribution is 5.80. The molecule has 1 aliphatic rings. The third-order valence-electron chi connectivity index (χ3n) is 6.16. The molecule has 0 saturated carbocycles. The highest BCUT2D eigenvalue weighted by atomic mass is 79.9. The predicted molar refractivity (Wildman–Crippen MR) is 130 cm³/mol. The molecule has 3 aromatic carbocycles. The average Bonchev–Trinajstić information content (AvgIpc) is 2.79. The van der Waals surface area contributed by atoms with Crippen molar-refractivity contribution in [1.82, 2.24) is 0 Å². The van der Waals surface area contributed by atoms with Gasteiger partial charge in [0.05, 0.1) is 0 Å². The first kappa shape index (κ1) is 22.5. The number of aromatic nitrogens is 1. The van der Waals surface area contributed by atoms with E-state index in [0.717, 1.165) is 19.4 Å². The van der Waals surface area contributed by atoms with Gasteiger partial charge in [-0.25, -0.2) is 0 Å². The average molecular weight is 484 g/mol. The van der Waals surface area contributed by atoms with Crippen molar-refractivity contribution in [2.45, 2.75) is 40.2 Å². The van der Waals surface area contributed by atoms with Crippen LogP contribution in [0.4, 0.5) is 0 Å². The Kier molecular flexibility index (Phi) is 6.35. The van der Waals surface area contributed by atoms with Crippen LogP contribution in [0.3, 0.4) is 0 Å². The van der Waals surface area contributed by atoms with E-state index in [1.165, 1.54) is 44.8 Å². The fourth-order valence-electron chi connectivity index (χ4n) is 4.86. The molecule has 1 aromatic heterocycles. The van der Waals surface area contributed by atoms with Gasteiger partial charge in [0.25, 0.3) is 0 Å². The molecule has 0 spiro atoms. The van der Waals surface area contributed by atoms with Gasteiger partial charge in [0.1, 0.15) is 0 Å². The Morgan fingerprint density at radius 2 is 1.28 bits per heavy atom. The summed E-state index contributed by atoms with van der Waals surface area (Å²) >= 11 is 0. The van der Waals surface area contributed by atoms with Crippen LogP contribution < -0.4 is 21.5 Å². The summed E-state index contributed by atoms with van der Waals surface area (Å²) in [5, 5.41) is 0. The highest BCUT2D eigenvalue weighted by Crippen LogP contribution is 2.39. The lowest BCUT2D eigenvalue weighted by molar-refractivity contribution is -0.687. The standard InChI is InChI=1S/C30H30N.BrH/c1-30(2,3)21-31-28(24-15-8-5-9-16-24)20-27(22-12-6-4-7-13-22)26-19-18-23-14-10-11-17-25(23)29(26)31;/h4-17,20H,18-19,21H2,1-3H3;1H/q+1;/p-1. The van der Waals surface area contributed by atoms with Gasteiger partial charge >= 0.3 is 0 Å². The van der Waals surface area contributed by atoms with Gasteiger partial charge in [-0.15, -0.1) is 0 Å². The number of halogens is 1. The predicted octanol–water partition coefficient (Wildman–Crippen LogP) is 4.12. The van der Waals surface area contributed by atoms with Crippen molar-refractivity contribution < 1.29 is 21.5 Å². The van der Waals surface area contributed by atoms with Gasteiger partial charge in [0.15, 0.2) is 6.54 Å². The topological polar surface area (TPSA) is 3.88 Å². The Bertz CT molecular complexity index is 1220. The minimum atomic E-state index is 0. The molecule has 1 heterocycles. The van der Waals surface area contributed by atoms with Gasteiger partial charge in [-0.05, 0) is 47.7 Å². The molecular weight excluding hydrogens is 454 g/mol. The number of fused-ring (bicyclic) bond motifs is 3. The summed E-state index contributed by atoms with van der Waals surface area (Å²) < 4.78 is 2.59. The van der Waals surface area contributed by atoms with Gasteiger partial charge in [0, 0.05) is 28.2 Å². The minimum Gasteiger partial charge on any atom is -1.00 e. The molecule has 0 unspecified atom stereocenters. The molecule has 1 nitrogen and oxygen atoms in total. The summed E-state index contributed by atoms with van der Waals surface area (Å²) in [6.45, 7) is 7.98. The number of benzene rings is 3. The van der Waals surface area contributed by atoms with Crippen molar-refractivity contribution in [2.75, 3.05) is 0 Å². The van der Waals surface area contributed by atoms with Crippen LogP contribution in [-0.4, -0.2) is 0 Å². The molecule has 2 heteroatoms. The summed E-state index contributed by atoms with van der Waals surface area (Å²) in [5.41, 5.74) is 11.1. The van der Waals surface area contributed by atoms with E-state index < -0.39 is 0 Å². The maximum Gasteiger partial charge on any atom is 0.217 e. The maximum absolute atomic E-state index is 2.59. The first-order chi connectivity index (χ1) is 15.0. The summed E-state index contributed by atoms with van der Waals surface area (Å²) in [5.74, 6) is 0. The lowest BCUT2D eigenvalue weighted by atomic mass is 9.83. The van der Waals surface area contributed by atoms with E-state index in [4.69, 9.17) is 0 Å². The van der Waals surface area contributed by atoms with Crippen LogP contribution in [0, 0.1) is 5.41 Å². The molecule has 32 heavy (non-hydrogen) atoms. The molecular formula is C30H30BrN. The number of pyridine rings is 1. The Morgan fingerprint density at radius 1 is 0.688 bits per heavy atom. The van der Waals surface area contributed by atoms with Crippen molar-refractivity contribution >= 4 is 0 Å². The van der Waals surface area contributed by atoms with E-state index in [1.54, 1.807) is 0 Å². The maximum atomic E-state index is 2.59. The van der Waals surface area contributed by atoms with Crippen molar-refractivity contribution in [1.29, 1.82) is 0 Å². The quantitative estimate of drug-likeness (QED) is 0.385. The molecule has 0 fully saturated rings. The zero-order valence-corrected chi connectivity index (χ0v) is 20.7. The SMILES string of the molecule is CC(C)(C)C[n+]1c(-c2ccccc2)cc(-c2ccccc2)c2c1-c1ccccc1CC2.[Br-]. The molecule has 0 bridgehead atoms. The van der Waals surface area contributed by atoms with Gasteiger partial charge in [-0.3, -0.25) is 0 Å². The van der Waals surface area contributed by atoms with E-state index in [1.807, 2.05) is 0 Å². The molecule has 0 amide bonds. The van der Waals surface area contributed by atoms with Crippen LogP contribution in [0.25, 0.3) is 33.6 Å². The second-order valence-corrected chi connectivity index (χ2v) is 9.81. The molecule has 1 aliphatic carbocycles. The molecule has 0 atom stereocenters. The zero-order chi connectivity index (χ0) is 21.4. The second-order valence-electron chi connectivity index (χ2n) is 9.81. The van der Waals surface area contributed by atoms with Crippen molar-refractivity contribution in [3.05, 3.63) is 102 Å². The molecule has 0 saturated heterocycles. The molecule has 0 aliphatic heterocycles. The number of hydrogen-bond donors (Lipinski definition) is 0. The van der Waals surface area contributed by atoms with E-state index in [2.05, 4.69) is 116 Å². The molecule has 0 radical (unpaired) electrons. The Labute approximate surface area is 202 Å². The molecule has 162 valence electrons. The Balaban J connectivity index is 0.00000245. The second kappa shape index (κ2) is 9.03. The third kappa shape index (κ3) is 4.29. The molecule has 5 rings (SSSR count). The van der Waals surface area contributed by atoms with E-state index in [0.29, 0.717) is 0 Å².